The third-order valence-corrected chi connectivity index (χ3v) is 3.07. The molecule has 0 radical (unpaired) electrons. The van der Waals surface area contributed by atoms with Crippen molar-refractivity contribution in [3.63, 3.8) is 0 Å². The number of anilines is 1. The minimum atomic E-state index is -0.362. The van der Waals surface area contributed by atoms with E-state index in [1.165, 1.54) is 12.3 Å². The number of nitrogens with two attached hydrogens (primary N) is 1. The summed E-state index contributed by atoms with van der Waals surface area (Å²) in [5.74, 6) is 1.25. The molecular formula is C11H13FN6. The van der Waals surface area contributed by atoms with Gasteiger partial charge in [-0.3, -0.25) is 0 Å². The predicted molar refractivity (Wildman–Crippen MR) is 63.2 cm³/mol. The first-order chi connectivity index (χ1) is 8.78. The Kier molecular flexibility index (Phi) is 2.67. The van der Waals surface area contributed by atoms with Crippen LogP contribution in [0.2, 0.25) is 0 Å². The number of hydrogen-bond acceptors (Lipinski definition) is 5. The zero-order valence-corrected chi connectivity index (χ0v) is 9.75. The van der Waals surface area contributed by atoms with Gasteiger partial charge in [0.15, 0.2) is 5.82 Å². The second-order valence-electron chi connectivity index (χ2n) is 4.20. The van der Waals surface area contributed by atoms with Gasteiger partial charge in [-0.2, -0.15) is 0 Å². The lowest BCUT2D eigenvalue weighted by atomic mass is 10.2. The summed E-state index contributed by atoms with van der Waals surface area (Å²) >= 11 is 0. The molecule has 2 aromatic heterocycles. The maximum Gasteiger partial charge on any atom is 0.152 e. The summed E-state index contributed by atoms with van der Waals surface area (Å²) in [6.07, 6.45) is 2.93. The quantitative estimate of drug-likeness (QED) is 0.827. The van der Waals surface area contributed by atoms with Crippen LogP contribution >= 0.6 is 0 Å². The van der Waals surface area contributed by atoms with Crippen LogP contribution in [-0.4, -0.2) is 26.3 Å². The Balaban J connectivity index is 1.93. The number of pyridine rings is 1. The lowest BCUT2D eigenvalue weighted by Crippen LogP contribution is -2.35. The maximum absolute atomic E-state index is 13.1. The SMILES string of the molecule is NCc1cc(F)cnc1N1CCn2cnnc2C1. The molecule has 0 aromatic carbocycles. The average molecular weight is 248 g/mol. The van der Waals surface area contributed by atoms with Crippen LogP contribution in [0.25, 0.3) is 0 Å². The number of nitrogens with zero attached hydrogens (tertiary/aromatic N) is 5. The smallest absolute Gasteiger partial charge is 0.152 e. The van der Waals surface area contributed by atoms with E-state index in [-0.39, 0.29) is 12.4 Å². The van der Waals surface area contributed by atoms with Crippen molar-refractivity contribution in [1.82, 2.24) is 19.7 Å². The number of aromatic nitrogens is 4. The summed E-state index contributed by atoms with van der Waals surface area (Å²) in [6.45, 7) is 2.47. The highest BCUT2D eigenvalue weighted by Crippen LogP contribution is 2.22. The lowest BCUT2D eigenvalue weighted by molar-refractivity contribution is 0.552. The molecule has 7 heteroatoms. The molecule has 3 heterocycles. The van der Waals surface area contributed by atoms with Crippen molar-refractivity contribution in [2.75, 3.05) is 11.4 Å². The molecule has 0 saturated heterocycles. The predicted octanol–water partition coefficient (Wildman–Crippen LogP) is 0.291. The molecule has 18 heavy (non-hydrogen) atoms. The summed E-state index contributed by atoms with van der Waals surface area (Å²) in [5.41, 5.74) is 6.35. The van der Waals surface area contributed by atoms with E-state index in [4.69, 9.17) is 5.73 Å². The third-order valence-electron chi connectivity index (χ3n) is 3.07. The van der Waals surface area contributed by atoms with Crippen molar-refractivity contribution >= 4 is 5.82 Å². The molecule has 0 atom stereocenters. The molecule has 94 valence electrons. The van der Waals surface area contributed by atoms with Crippen LogP contribution in [0, 0.1) is 5.82 Å². The minimum Gasteiger partial charge on any atom is -0.347 e. The van der Waals surface area contributed by atoms with Crippen LogP contribution < -0.4 is 10.6 Å². The molecular weight excluding hydrogens is 235 g/mol. The van der Waals surface area contributed by atoms with E-state index in [2.05, 4.69) is 15.2 Å². The minimum absolute atomic E-state index is 0.267. The van der Waals surface area contributed by atoms with Gasteiger partial charge in [0.2, 0.25) is 0 Å². The van der Waals surface area contributed by atoms with E-state index in [0.29, 0.717) is 12.1 Å². The molecule has 0 saturated carbocycles. The van der Waals surface area contributed by atoms with Crippen LogP contribution in [0.5, 0.6) is 0 Å². The van der Waals surface area contributed by atoms with Crippen LogP contribution in [0.3, 0.4) is 0 Å². The lowest BCUT2D eigenvalue weighted by Gasteiger charge is -2.29. The largest absolute Gasteiger partial charge is 0.347 e. The van der Waals surface area contributed by atoms with Crippen molar-refractivity contribution in [2.45, 2.75) is 19.6 Å². The van der Waals surface area contributed by atoms with Gasteiger partial charge in [-0.15, -0.1) is 10.2 Å². The van der Waals surface area contributed by atoms with E-state index in [1.807, 2.05) is 9.47 Å². The van der Waals surface area contributed by atoms with E-state index < -0.39 is 0 Å². The standard InChI is InChI=1S/C11H13FN6/c12-9-3-8(4-13)11(14-5-9)17-1-2-18-7-15-16-10(18)6-17/h3,5,7H,1-2,4,6,13H2. The van der Waals surface area contributed by atoms with Gasteiger partial charge in [0.25, 0.3) is 0 Å². The van der Waals surface area contributed by atoms with Gasteiger partial charge in [-0.1, -0.05) is 0 Å². The second-order valence-corrected chi connectivity index (χ2v) is 4.20. The van der Waals surface area contributed by atoms with E-state index in [1.54, 1.807) is 6.33 Å². The molecule has 0 spiro atoms. The average Bonchev–Trinajstić information content (AvgIpc) is 2.85. The molecule has 0 fully saturated rings. The number of rotatable bonds is 2. The van der Waals surface area contributed by atoms with Crippen molar-refractivity contribution in [3.8, 4) is 0 Å². The van der Waals surface area contributed by atoms with E-state index in [9.17, 15) is 4.39 Å². The Morgan fingerprint density at radius 1 is 1.39 bits per heavy atom. The summed E-state index contributed by atoms with van der Waals surface area (Å²) in [7, 11) is 0. The molecule has 2 aromatic rings. The number of fused-ring (bicyclic) bond motifs is 1. The van der Waals surface area contributed by atoms with Gasteiger partial charge < -0.3 is 15.2 Å². The Morgan fingerprint density at radius 2 is 2.28 bits per heavy atom. The van der Waals surface area contributed by atoms with Crippen molar-refractivity contribution < 1.29 is 4.39 Å². The maximum atomic E-state index is 13.1. The molecule has 1 aliphatic heterocycles. The van der Waals surface area contributed by atoms with Gasteiger partial charge in [0, 0.05) is 25.2 Å². The fourth-order valence-electron chi connectivity index (χ4n) is 2.16. The number of hydrogen-bond donors (Lipinski definition) is 1. The van der Waals surface area contributed by atoms with Crippen molar-refractivity contribution in [3.05, 3.63) is 35.8 Å². The van der Waals surface area contributed by atoms with Gasteiger partial charge in [0.1, 0.15) is 18.0 Å². The van der Waals surface area contributed by atoms with Crippen molar-refractivity contribution in [1.29, 1.82) is 0 Å². The first kappa shape index (κ1) is 11.1. The molecule has 0 amide bonds. The first-order valence-corrected chi connectivity index (χ1v) is 5.74. The van der Waals surface area contributed by atoms with Gasteiger partial charge in [0.05, 0.1) is 12.7 Å². The fraction of sp³-hybridized carbons (Fsp3) is 0.364. The molecule has 0 bridgehead atoms. The van der Waals surface area contributed by atoms with Gasteiger partial charge >= 0.3 is 0 Å². The molecule has 2 N–H and O–H groups in total. The third kappa shape index (κ3) is 1.82. The molecule has 0 aliphatic carbocycles. The van der Waals surface area contributed by atoms with E-state index in [0.717, 1.165) is 24.7 Å². The van der Waals surface area contributed by atoms with Crippen LogP contribution in [0.15, 0.2) is 18.6 Å². The second kappa shape index (κ2) is 4.34. The van der Waals surface area contributed by atoms with Gasteiger partial charge in [-0.05, 0) is 6.07 Å². The van der Waals surface area contributed by atoms with E-state index >= 15 is 0 Å². The molecule has 0 unspecified atom stereocenters. The van der Waals surface area contributed by atoms with Crippen LogP contribution in [0.1, 0.15) is 11.4 Å². The number of halogens is 1. The summed E-state index contributed by atoms with van der Waals surface area (Å²) in [6, 6.07) is 1.43. The van der Waals surface area contributed by atoms with Crippen LogP contribution in [-0.2, 0) is 19.6 Å². The fourth-order valence-corrected chi connectivity index (χ4v) is 2.16. The molecule has 1 aliphatic rings. The summed E-state index contributed by atoms with van der Waals surface area (Å²) < 4.78 is 15.1. The Labute approximate surface area is 103 Å². The Hall–Kier alpha value is -2.02. The monoisotopic (exact) mass is 248 g/mol. The Bertz CT molecular complexity index is 566. The van der Waals surface area contributed by atoms with Crippen molar-refractivity contribution in [2.24, 2.45) is 5.73 Å². The van der Waals surface area contributed by atoms with Gasteiger partial charge in [-0.25, -0.2) is 9.37 Å². The zero-order valence-electron chi connectivity index (χ0n) is 9.75. The zero-order chi connectivity index (χ0) is 12.5. The Morgan fingerprint density at radius 3 is 3.11 bits per heavy atom. The molecule has 3 rings (SSSR count). The van der Waals surface area contributed by atoms with Crippen LogP contribution in [0.4, 0.5) is 10.2 Å². The highest BCUT2D eigenvalue weighted by molar-refractivity contribution is 5.47. The normalized spacial score (nSPS) is 14.7. The first-order valence-electron chi connectivity index (χ1n) is 5.74. The topological polar surface area (TPSA) is 72.9 Å². The highest BCUT2D eigenvalue weighted by atomic mass is 19.1. The summed E-state index contributed by atoms with van der Waals surface area (Å²) in [5, 5.41) is 7.91. The molecule has 6 nitrogen and oxygen atoms in total. The summed E-state index contributed by atoms with van der Waals surface area (Å²) in [4.78, 5) is 6.19. The highest BCUT2D eigenvalue weighted by Gasteiger charge is 2.20.